The fourth-order valence-corrected chi connectivity index (χ4v) is 0.695. The number of nitrogens with two attached hydrogens (primary N) is 2. The molecular formula is C7H18N2O2. The Morgan fingerprint density at radius 1 is 0.909 bits per heavy atom. The van der Waals surface area contributed by atoms with E-state index in [9.17, 15) is 0 Å². The predicted molar refractivity (Wildman–Crippen MR) is 43.9 cm³/mol. The summed E-state index contributed by atoms with van der Waals surface area (Å²) in [5.74, 6) is 4.82. The van der Waals surface area contributed by atoms with Gasteiger partial charge in [-0.25, -0.2) is 5.90 Å². The molecular weight excluding hydrogens is 144 g/mol. The number of rotatable bonds is 8. The molecule has 0 heterocycles. The van der Waals surface area contributed by atoms with Crippen LogP contribution in [-0.2, 0) is 9.57 Å². The highest BCUT2D eigenvalue weighted by Crippen LogP contribution is 1.89. The van der Waals surface area contributed by atoms with E-state index < -0.39 is 0 Å². The minimum absolute atomic E-state index is 0.566. The zero-order valence-corrected chi connectivity index (χ0v) is 6.92. The molecule has 4 N–H and O–H groups in total. The molecule has 0 aliphatic carbocycles. The van der Waals surface area contributed by atoms with Crippen LogP contribution >= 0.6 is 0 Å². The van der Waals surface area contributed by atoms with Crippen LogP contribution in [0.3, 0.4) is 0 Å². The van der Waals surface area contributed by atoms with Gasteiger partial charge in [-0.05, 0) is 25.8 Å². The number of hydrogen-bond donors (Lipinski definition) is 2. The van der Waals surface area contributed by atoms with E-state index in [4.69, 9.17) is 16.4 Å². The molecule has 0 radical (unpaired) electrons. The molecule has 0 aliphatic heterocycles. The number of ether oxygens (including phenoxy) is 1. The van der Waals surface area contributed by atoms with Gasteiger partial charge in [0.2, 0.25) is 0 Å². The molecule has 0 unspecified atom stereocenters. The van der Waals surface area contributed by atoms with Crippen molar-refractivity contribution >= 4 is 0 Å². The Morgan fingerprint density at radius 2 is 1.64 bits per heavy atom. The van der Waals surface area contributed by atoms with Gasteiger partial charge < -0.3 is 15.3 Å². The summed E-state index contributed by atoms with van der Waals surface area (Å²) in [6.45, 7) is 2.83. The molecule has 4 nitrogen and oxygen atoms in total. The second-order valence-corrected chi connectivity index (χ2v) is 2.33. The molecule has 0 aliphatic rings. The minimum Gasteiger partial charge on any atom is -0.381 e. The second kappa shape index (κ2) is 9.84. The van der Waals surface area contributed by atoms with Gasteiger partial charge in [-0.15, -0.1) is 0 Å². The maximum Gasteiger partial charge on any atom is 0.0701 e. The molecule has 0 fully saturated rings. The van der Waals surface area contributed by atoms with Crippen LogP contribution in [0.1, 0.15) is 19.3 Å². The quantitative estimate of drug-likeness (QED) is 0.390. The molecule has 0 rings (SSSR count). The fraction of sp³-hybridized carbons (Fsp3) is 1.00. The average molecular weight is 162 g/mol. The lowest BCUT2D eigenvalue weighted by atomic mass is 10.3. The lowest BCUT2D eigenvalue weighted by molar-refractivity contribution is 0.0820. The molecule has 0 aromatic carbocycles. The fourth-order valence-electron chi connectivity index (χ4n) is 0.695. The summed E-state index contributed by atoms with van der Waals surface area (Å²) in [7, 11) is 0. The molecule has 0 saturated heterocycles. The Kier molecular flexibility index (Phi) is 9.70. The monoisotopic (exact) mass is 162 g/mol. The largest absolute Gasteiger partial charge is 0.381 e. The topological polar surface area (TPSA) is 70.5 Å². The molecule has 0 aromatic rings. The highest BCUT2D eigenvalue weighted by atomic mass is 16.6. The highest BCUT2D eigenvalue weighted by Gasteiger charge is 1.88. The predicted octanol–water partition coefficient (Wildman–Crippen LogP) is 0.0223. The Hall–Kier alpha value is -0.160. The zero-order chi connectivity index (χ0) is 8.36. The Balaban J connectivity index is 2.69. The van der Waals surface area contributed by atoms with Crippen LogP contribution in [-0.4, -0.2) is 26.4 Å². The van der Waals surface area contributed by atoms with Crippen molar-refractivity contribution in [2.45, 2.75) is 19.3 Å². The van der Waals surface area contributed by atoms with E-state index >= 15 is 0 Å². The van der Waals surface area contributed by atoms with E-state index in [0.717, 1.165) is 39.0 Å². The van der Waals surface area contributed by atoms with Crippen molar-refractivity contribution in [2.24, 2.45) is 11.6 Å². The van der Waals surface area contributed by atoms with Crippen LogP contribution in [0.15, 0.2) is 0 Å². The second-order valence-electron chi connectivity index (χ2n) is 2.33. The van der Waals surface area contributed by atoms with Crippen LogP contribution in [0.4, 0.5) is 0 Å². The Morgan fingerprint density at radius 3 is 2.27 bits per heavy atom. The maximum absolute atomic E-state index is 5.30. The van der Waals surface area contributed by atoms with Crippen molar-refractivity contribution in [1.29, 1.82) is 0 Å². The van der Waals surface area contributed by atoms with Crippen LogP contribution in [0.25, 0.3) is 0 Å². The molecule has 4 heteroatoms. The van der Waals surface area contributed by atoms with Crippen molar-refractivity contribution < 1.29 is 9.57 Å². The van der Waals surface area contributed by atoms with Crippen LogP contribution in [0, 0.1) is 0 Å². The first kappa shape index (κ1) is 10.8. The zero-order valence-electron chi connectivity index (χ0n) is 6.92. The summed E-state index contributed by atoms with van der Waals surface area (Å²) in [6.07, 6.45) is 2.94. The first-order chi connectivity index (χ1) is 5.41. The van der Waals surface area contributed by atoms with Crippen LogP contribution in [0.5, 0.6) is 0 Å². The van der Waals surface area contributed by atoms with E-state index in [-0.39, 0.29) is 0 Å². The first-order valence-corrected chi connectivity index (χ1v) is 4.01. The lowest BCUT2D eigenvalue weighted by Gasteiger charge is -2.01. The van der Waals surface area contributed by atoms with Gasteiger partial charge in [-0.1, -0.05) is 0 Å². The summed E-state index contributed by atoms with van der Waals surface area (Å²) in [5.41, 5.74) is 5.30. The number of hydrogen-bond acceptors (Lipinski definition) is 4. The van der Waals surface area contributed by atoms with Crippen molar-refractivity contribution in [3.8, 4) is 0 Å². The first-order valence-electron chi connectivity index (χ1n) is 4.01. The van der Waals surface area contributed by atoms with E-state index in [1.54, 1.807) is 0 Å². The van der Waals surface area contributed by atoms with Crippen molar-refractivity contribution in [1.82, 2.24) is 0 Å². The molecule has 0 aromatic heterocycles. The Bertz CT molecular complexity index is 63.5. The van der Waals surface area contributed by atoms with Gasteiger partial charge >= 0.3 is 0 Å². The van der Waals surface area contributed by atoms with Crippen molar-refractivity contribution in [3.63, 3.8) is 0 Å². The molecule has 0 saturated carbocycles. The van der Waals surface area contributed by atoms with Crippen LogP contribution < -0.4 is 11.6 Å². The molecule has 11 heavy (non-hydrogen) atoms. The average Bonchev–Trinajstić information content (AvgIpc) is 2.03. The summed E-state index contributed by atoms with van der Waals surface area (Å²) >= 11 is 0. The SMILES string of the molecule is NCCCCOCCCON. The van der Waals surface area contributed by atoms with E-state index in [2.05, 4.69) is 4.84 Å². The van der Waals surface area contributed by atoms with Gasteiger partial charge in [0.15, 0.2) is 0 Å². The van der Waals surface area contributed by atoms with Gasteiger partial charge in [0.05, 0.1) is 6.61 Å². The van der Waals surface area contributed by atoms with Crippen molar-refractivity contribution in [3.05, 3.63) is 0 Å². The van der Waals surface area contributed by atoms with E-state index in [0.29, 0.717) is 6.61 Å². The standard InChI is InChI=1S/C7H18N2O2/c8-4-1-2-5-10-6-3-7-11-9/h1-9H2. The normalized spacial score (nSPS) is 10.4. The molecule has 0 bridgehead atoms. The lowest BCUT2D eigenvalue weighted by Crippen LogP contribution is -2.06. The third-order valence-corrected chi connectivity index (χ3v) is 1.29. The van der Waals surface area contributed by atoms with E-state index in [1.165, 1.54) is 0 Å². The van der Waals surface area contributed by atoms with Gasteiger partial charge in [-0.2, -0.15) is 0 Å². The van der Waals surface area contributed by atoms with Gasteiger partial charge in [-0.3, -0.25) is 0 Å². The maximum atomic E-state index is 5.30. The molecule has 68 valence electrons. The van der Waals surface area contributed by atoms with Crippen molar-refractivity contribution in [2.75, 3.05) is 26.4 Å². The molecule has 0 amide bonds. The minimum atomic E-state index is 0.566. The van der Waals surface area contributed by atoms with E-state index in [1.807, 2.05) is 0 Å². The number of unbranched alkanes of at least 4 members (excludes halogenated alkanes) is 1. The van der Waals surface area contributed by atoms with Gasteiger partial charge in [0, 0.05) is 13.2 Å². The third kappa shape index (κ3) is 9.84. The van der Waals surface area contributed by atoms with Gasteiger partial charge in [0.1, 0.15) is 0 Å². The summed E-state index contributed by atoms with van der Waals surface area (Å²) < 4.78 is 5.25. The molecule has 0 spiro atoms. The summed E-state index contributed by atoms with van der Waals surface area (Å²) in [4.78, 5) is 4.37. The van der Waals surface area contributed by atoms with Gasteiger partial charge in [0.25, 0.3) is 0 Å². The third-order valence-electron chi connectivity index (χ3n) is 1.29. The smallest absolute Gasteiger partial charge is 0.0701 e. The Labute approximate surface area is 67.8 Å². The van der Waals surface area contributed by atoms with Crippen LogP contribution in [0.2, 0.25) is 0 Å². The highest BCUT2D eigenvalue weighted by molar-refractivity contribution is 4.39. The summed E-state index contributed by atoms with van der Waals surface area (Å²) in [6, 6.07) is 0. The molecule has 0 atom stereocenters. The summed E-state index contributed by atoms with van der Waals surface area (Å²) in [5, 5.41) is 0.